The number of alkyl carbamates (subject to hydrolysis) is 1. The minimum Gasteiger partial charge on any atom is -0.448 e. The van der Waals surface area contributed by atoms with Gasteiger partial charge in [0.15, 0.2) is 0 Å². The largest absolute Gasteiger partial charge is 0.448 e. The number of nitrogens with one attached hydrogen (secondary N) is 4. The first kappa shape index (κ1) is 32.6. The number of aliphatic imine (C=N–C) groups is 1. The number of rotatable bonds is 9. The van der Waals surface area contributed by atoms with Crippen LogP contribution in [0.5, 0.6) is 0 Å². The van der Waals surface area contributed by atoms with Crippen molar-refractivity contribution in [2.45, 2.75) is 107 Å². The molecule has 4 N–H and O–H groups in total. The Balaban J connectivity index is 1.42. The van der Waals surface area contributed by atoms with Crippen molar-refractivity contribution in [2.75, 3.05) is 25.0 Å². The Morgan fingerprint density at radius 2 is 1.86 bits per heavy atom. The van der Waals surface area contributed by atoms with Crippen molar-refractivity contribution in [2.24, 2.45) is 10.9 Å². The van der Waals surface area contributed by atoms with E-state index in [1.54, 1.807) is 44.7 Å². The second-order valence-electron chi connectivity index (χ2n) is 12.6. The lowest BCUT2D eigenvalue weighted by molar-refractivity contribution is 0.109. The zero-order chi connectivity index (χ0) is 30.5. The molecule has 42 heavy (non-hydrogen) atoms. The van der Waals surface area contributed by atoms with Gasteiger partial charge in [-0.05, 0) is 97.4 Å². The number of ether oxygens (including phenoxy) is 2. The van der Waals surface area contributed by atoms with Crippen LogP contribution in [0.2, 0.25) is 0 Å². The van der Waals surface area contributed by atoms with Crippen LogP contribution < -0.4 is 20.7 Å². The molecule has 1 saturated heterocycles. The van der Waals surface area contributed by atoms with E-state index < -0.39 is 21.7 Å². The molecule has 2 amide bonds. The van der Waals surface area contributed by atoms with Crippen LogP contribution in [0.3, 0.4) is 0 Å². The van der Waals surface area contributed by atoms with Gasteiger partial charge in [-0.2, -0.15) is 0 Å². The summed E-state index contributed by atoms with van der Waals surface area (Å²) >= 11 is 1.61. The molecular formula is C29H45N5O6S2. The summed E-state index contributed by atoms with van der Waals surface area (Å²) in [5, 5.41) is 9.79. The van der Waals surface area contributed by atoms with Crippen LogP contribution in [0.25, 0.3) is 0 Å². The molecule has 1 aliphatic carbocycles. The van der Waals surface area contributed by atoms with E-state index in [2.05, 4.69) is 20.7 Å². The van der Waals surface area contributed by atoms with Crippen molar-refractivity contribution in [3.05, 3.63) is 23.8 Å². The first-order chi connectivity index (χ1) is 19.8. The number of anilines is 1. The van der Waals surface area contributed by atoms with Crippen molar-refractivity contribution in [3.8, 4) is 0 Å². The molecule has 3 aliphatic rings. The van der Waals surface area contributed by atoms with Gasteiger partial charge < -0.3 is 20.1 Å². The molecule has 1 aromatic carbocycles. The molecule has 11 nitrogen and oxygen atoms in total. The van der Waals surface area contributed by atoms with Gasteiger partial charge in [0.2, 0.25) is 10.0 Å². The van der Waals surface area contributed by atoms with Crippen molar-refractivity contribution in [1.29, 1.82) is 0 Å². The van der Waals surface area contributed by atoms with Crippen LogP contribution in [0.4, 0.5) is 15.3 Å². The van der Waals surface area contributed by atoms with Gasteiger partial charge in [0.1, 0.15) is 6.61 Å². The third-order valence-corrected chi connectivity index (χ3v) is 10.5. The number of thioether (sulfide) groups is 1. The smallest absolute Gasteiger partial charge is 0.411 e. The normalized spacial score (nSPS) is 24.8. The number of carbonyl (C=O) groups is 2. The zero-order valence-corrected chi connectivity index (χ0v) is 26.8. The highest BCUT2D eigenvalue weighted by Crippen LogP contribution is 2.43. The van der Waals surface area contributed by atoms with Gasteiger partial charge in [0.05, 0.1) is 27.8 Å². The standard InChI is InChI=1S/C29H45N5O6S2/c1-18(2)40-28(36)32-20-10-8-19(9-11-20)26-31-16-24(41-26)23-13-12-21(15-25(23)42(37,38)34-29(3,4)5)33-27(35)39-17-22-7-6-14-30-22/h12-13,15,18-20,22,24,30,34H,6-11,14,16-17H2,1-5H3,(H,32,36)(H,33,35)/t19?,20?,22-,24?/m0/s1. The fourth-order valence-electron chi connectivity index (χ4n) is 5.48. The highest BCUT2D eigenvalue weighted by atomic mass is 32.2. The van der Waals surface area contributed by atoms with Crippen LogP contribution in [-0.2, 0) is 19.5 Å². The topological polar surface area (TPSA) is 147 Å². The van der Waals surface area contributed by atoms with E-state index >= 15 is 0 Å². The Morgan fingerprint density at radius 3 is 2.50 bits per heavy atom. The van der Waals surface area contributed by atoms with E-state index in [9.17, 15) is 18.0 Å². The monoisotopic (exact) mass is 623 g/mol. The van der Waals surface area contributed by atoms with E-state index in [1.165, 1.54) is 6.07 Å². The van der Waals surface area contributed by atoms with E-state index in [-0.39, 0.29) is 47.0 Å². The fourth-order valence-corrected chi connectivity index (χ4v) is 8.62. The Hall–Kier alpha value is -2.35. The highest BCUT2D eigenvalue weighted by Gasteiger charge is 2.34. The minimum absolute atomic E-state index is 0.0803. The molecule has 0 spiro atoms. The molecule has 234 valence electrons. The molecule has 1 saturated carbocycles. The SMILES string of the molecule is CC(C)OC(=O)NC1CCC(C2=NCC(c3ccc(NC(=O)OC[C@@H]4CCCN4)cc3S(=O)(=O)NC(C)(C)C)S2)CC1. The Morgan fingerprint density at radius 1 is 1.12 bits per heavy atom. The van der Waals surface area contributed by atoms with Crippen LogP contribution >= 0.6 is 11.8 Å². The fraction of sp³-hybridized carbons (Fsp3) is 0.690. The van der Waals surface area contributed by atoms with Gasteiger partial charge in [0.25, 0.3) is 0 Å². The lowest BCUT2D eigenvalue weighted by Crippen LogP contribution is -2.41. The van der Waals surface area contributed by atoms with Crippen molar-refractivity contribution < 1.29 is 27.5 Å². The lowest BCUT2D eigenvalue weighted by Gasteiger charge is -2.29. The molecule has 0 bridgehead atoms. The zero-order valence-electron chi connectivity index (χ0n) is 25.2. The van der Waals surface area contributed by atoms with Gasteiger partial charge in [-0.15, -0.1) is 11.8 Å². The summed E-state index contributed by atoms with van der Waals surface area (Å²) in [5.41, 5.74) is 0.311. The van der Waals surface area contributed by atoms with E-state index in [0.717, 1.165) is 50.1 Å². The number of nitrogens with zero attached hydrogens (tertiary/aromatic N) is 1. The van der Waals surface area contributed by atoms with Gasteiger partial charge in [-0.25, -0.2) is 22.7 Å². The maximum Gasteiger partial charge on any atom is 0.411 e. The number of sulfonamides is 1. The lowest BCUT2D eigenvalue weighted by atomic mass is 9.86. The summed E-state index contributed by atoms with van der Waals surface area (Å²) in [6.07, 6.45) is 4.31. The van der Waals surface area contributed by atoms with Crippen LogP contribution in [0, 0.1) is 5.92 Å². The van der Waals surface area contributed by atoms with E-state index in [1.807, 2.05) is 13.8 Å². The summed E-state index contributed by atoms with van der Waals surface area (Å²) in [7, 11) is -3.91. The van der Waals surface area contributed by atoms with Crippen LogP contribution in [0.15, 0.2) is 28.1 Å². The molecular weight excluding hydrogens is 578 g/mol. The molecule has 1 unspecified atom stereocenters. The summed E-state index contributed by atoms with van der Waals surface area (Å²) in [4.78, 5) is 29.4. The second kappa shape index (κ2) is 14.0. The molecule has 13 heteroatoms. The number of carbonyl (C=O) groups excluding carboxylic acids is 2. The Kier molecular flexibility index (Phi) is 10.8. The van der Waals surface area contributed by atoms with Crippen molar-refractivity contribution >= 4 is 44.7 Å². The van der Waals surface area contributed by atoms with E-state index in [0.29, 0.717) is 17.8 Å². The maximum atomic E-state index is 13.6. The third kappa shape index (κ3) is 9.32. The molecule has 2 fully saturated rings. The molecule has 0 radical (unpaired) electrons. The average Bonchev–Trinajstić information content (AvgIpc) is 3.59. The van der Waals surface area contributed by atoms with Gasteiger partial charge in [0, 0.05) is 29.2 Å². The van der Waals surface area contributed by atoms with Gasteiger partial charge in [-0.3, -0.25) is 10.3 Å². The Bertz CT molecular complexity index is 1250. The van der Waals surface area contributed by atoms with Crippen molar-refractivity contribution in [3.63, 3.8) is 0 Å². The highest BCUT2D eigenvalue weighted by molar-refractivity contribution is 8.14. The number of amides is 2. The first-order valence-electron chi connectivity index (χ1n) is 14.8. The molecule has 2 atom stereocenters. The third-order valence-electron chi connectivity index (χ3n) is 7.33. The van der Waals surface area contributed by atoms with Gasteiger partial charge >= 0.3 is 12.2 Å². The summed E-state index contributed by atoms with van der Waals surface area (Å²) in [6.45, 7) is 10.7. The van der Waals surface area contributed by atoms with Crippen molar-refractivity contribution in [1.82, 2.24) is 15.4 Å². The summed E-state index contributed by atoms with van der Waals surface area (Å²) in [5.74, 6) is 0.275. The predicted octanol–water partition coefficient (Wildman–Crippen LogP) is 4.94. The first-order valence-corrected chi connectivity index (χ1v) is 17.2. The molecule has 2 heterocycles. The van der Waals surface area contributed by atoms with Gasteiger partial charge in [-0.1, -0.05) is 6.07 Å². The summed E-state index contributed by atoms with van der Waals surface area (Å²) in [6, 6.07) is 5.21. The number of hydrogen-bond donors (Lipinski definition) is 4. The number of benzene rings is 1. The molecule has 2 aliphatic heterocycles. The van der Waals surface area contributed by atoms with E-state index in [4.69, 9.17) is 14.5 Å². The predicted molar refractivity (Wildman–Crippen MR) is 166 cm³/mol. The minimum atomic E-state index is -3.91. The average molecular weight is 624 g/mol. The number of hydrogen-bond acceptors (Lipinski definition) is 9. The second-order valence-corrected chi connectivity index (χ2v) is 15.4. The molecule has 0 aromatic heterocycles. The maximum absolute atomic E-state index is 13.6. The van der Waals surface area contributed by atoms with Crippen LogP contribution in [0.1, 0.15) is 84.0 Å². The van der Waals surface area contributed by atoms with Crippen LogP contribution in [-0.4, -0.2) is 69.1 Å². The molecule has 4 rings (SSSR count). The quantitative estimate of drug-likeness (QED) is 0.302. The Labute approximate surface area is 253 Å². The summed E-state index contributed by atoms with van der Waals surface area (Å²) < 4.78 is 40.5. The molecule has 1 aromatic rings.